The Morgan fingerprint density at radius 1 is 1.44 bits per heavy atom. The molecule has 6 heteroatoms. The lowest BCUT2D eigenvalue weighted by Crippen LogP contribution is -2.20. The minimum atomic E-state index is -0.451. The molecule has 16 heavy (non-hydrogen) atoms. The fraction of sp³-hybridized carbons (Fsp3) is 0.400. The molecule has 0 unspecified atom stereocenters. The van der Waals surface area contributed by atoms with Crippen molar-refractivity contribution in [2.75, 3.05) is 38.2 Å². The average molecular weight is 224 g/mol. The van der Waals surface area contributed by atoms with Crippen LogP contribution in [0.2, 0.25) is 0 Å². The van der Waals surface area contributed by atoms with Gasteiger partial charge in [0, 0.05) is 36.6 Å². The Balaban J connectivity index is 2.69. The Hall–Kier alpha value is -1.82. The normalized spacial score (nSPS) is 10.4. The first-order valence-corrected chi connectivity index (χ1v) is 4.92. The molecule has 0 spiro atoms. The van der Waals surface area contributed by atoms with Gasteiger partial charge in [0.2, 0.25) is 0 Å². The Morgan fingerprint density at radius 2 is 2.12 bits per heavy atom. The van der Waals surface area contributed by atoms with Crippen molar-refractivity contribution in [2.45, 2.75) is 0 Å². The maximum absolute atomic E-state index is 10.6. The van der Waals surface area contributed by atoms with E-state index in [1.165, 1.54) is 12.1 Å². The lowest BCUT2D eigenvalue weighted by molar-refractivity contribution is -0.384. The lowest BCUT2D eigenvalue weighted by atomic mass is 10.2. The molecule has 88 valence electrons. The summed E-state index contributed by atoms with van der Waals surface area (Å²) in [7, 11) is 3.92. The van der Waals surface area contributed by atoms with E-state index in [2.05, 4.69) is 5.32 Å². The number of hydrogen-bond donors (Lipinski definition) is 2. The Labute approximate surface area is 94.2 Å². The fourth-order valence-corrected chi connectivity index (χ4v) is 1.27. The molecule has 0 fully saturated rings. The number of nitrogen functional groups attached to an aromatic ring is 1. The van der Waals surface area contributed by atoms with Crippen LogP contribution >= 0.6 is 0 Å². The van der Waals surface area contributed by atoms with Crippen LogP contribution in [-0.2, 0) is 0 Å². The monoisotopic (exact) mass is 224 g/mol. The molecule has 0 atom stereocenters. The van der Waals surface area contributed by atoms with E-state index in [1.54, 1.807) is 6.07 Å². The number of nitrogens with two attached hydrogens (primary N) is 1. The molecule has 1 aromatic carbocycles. The molecule has 0 aliphatic heterocycles. The van der Waals surface area contributed by atoms with E-state index in [9.17, 15) is 10.1 Å². The van der Waals surface area contributed by atoms with Crippen LogP contribution in [0.3, 0.4) is 0 Å². The van der Waals surface area contributed by atoms with Crippen LogP contribution in [0.4, 0.5) is 17.1 Å². The predicted octanol–water partition coefficient (Wildman–Crippen LogP) is 1.15. The van der Waals surface area contributed by atoms with Crippen molar-refractivity contribution in [2.24, 2.45) is 0 Å². The number of rotatable bonds is 5. The van der Waals surface area contributed by atoms with Gasteiger partial charge in [0.15, 0.2) is 0 Å². The average Bonchev–Trinajstić information content (AvgIpc) is 2.16. The van der Waals surface area contributed by atoms with Crippen molar-refractivity contribution in [3.8, 4) is 0 Å². The van der Waals surface area contributed by atoms with Crippen LogP contribution in [0, 0.1) is 10.1 Å². The number of benzene rings is 1. The van der Waals surface area contributed by atoms with E-state index in [0.717, 1.165) is 6.54 Å². The Morgan fingerprint density at radius 3 is 2.69 bits per heavy atom. The number of nitrogens with one attached hydrogen (secondary N) is 1. The van der Waals surface area contributed by atoms with Crippen molar-refractivity contribution >= 4 is 17.1 Å². The smallest absolute Gasteiger partial charge is 0.273 e. The Kier molecular flexibility index (Phi) is 4.07. The number of nitro benzene ring substituents is 1. The van der Waals surface area contributed by atoms with Crippen LogP contribution in [-0.4, -0.2) is 37.0 Å². The highest BCUT2D eigenvalue weighted by Gasteiger charge is 2.07. The standard InChI is InChI=1S/C10H16N4O2/c1-13(2)4-3-12-9-5-8(11)6-10(7-9)14(15)16/h5-7,12H,3-4,11H2,1-2H3. The summed E-state index contributed by atoms with van der Waals surface area (Å²) in [4.78, 5) is 12.2. The molecule has 1 aromatic rings. The van der Waals surface area contributed by atoms with Crippen molar-refractivity contribution < 1.29 is 4.92 Å². The fourth-order valence-electron chi connectivity index (χ4n) is 1.27. The first-order chi connectivity index (χ1) is 7.49. The SMILES string of the molecule is CN(C)CCNc1cc(N)cc([N+](=O)[O-])c1. The zero-order chi connectivity index (χ0) is 12.1. The van der Waals surface area contributed by atoms with E-state index in [1.807, 2.05) is 19.0 Å². The second-order valence-electron chi connectivity index (χ2n) is 3.80. The molecule has 0 bridgehead atoms. The van der Waals surface area contributed by atoms with Crippen molar-refractivity contribution in [1.82, 2.24) is 4.90 Å². The molecular formula is C10H16N4O2. The highest BCUT2D eigenvalue weighted by Crippen LogP contribution is 2.21. The largest absolute Gasteiger partial charge is 0.398 e. The molecule has 0 aliphatic carbocycles. The topological polar surface area (TPSA) is 84.4 Å². The highest BCUT2D eigenvalue weighted by molar-refractivity contribution is 5.61. The minimum Gasteiger partial charge on any atom is -0.398 e. The molecular weight excluding hydrogens is 208 g/mol. The van der Waals surface area contributed by atoms with E-state index in [4.69, 9.17) is 5.73 Å². The lowest BCUT2D eigenvalue weighted by Gasteiger charge is -2.11. The van der Waals surface area contributed by atoms with Crippen molar-refractivity contribution in [3.63, 3.8) is 0 Å². The zero-order valence-electron chi connectivity index (χ0n) is 9.43. The van der Waals surface area contributed by atoms with Gasteiger partial charge in [0.25, 0.3) is 5.69 Å². The molecule has 6 nitrogen and oxygen atoms in total. The van der Waals surface area contributed by atoms with Gasteiger partial charge in [0.1, 0.15) is 0 Å². The molecule has 0 amide bonds. The summed E-state index contributed by atoms with van der Waals surface area (Å²) in [6.07, 6.45) is 0. The number of hydrogen-bond acceptors (Lipinski definition) is 5. The summed E-state index contributed by atoms with van der Waals surface area (Å²) in [6, 6.07) is 4.51. The number of nitrogens with zero attached hydrogens (tertiary/aromatic N) is 2. The first kappa shape index (κ1) is 12.3. The van der Waals surface area contributed by atoms with Crippen molar-refractivity contribution in [3.05, 3.63) is 28.3 Å². The molecule has 0 aromatic heterocycles. The summed E-state index contributed by atoms with van der Waals surface area (Å²) < 4.78 is 0. The van der Waals surface area contributed by atoms with E-state index < -0.39 is 4.92 Å². The van der Waals surface area contributed by atoms with Gasteiger partial charge >= 0.3 is 0 Å². The zero-order valence-corrected chi connectivity index (χ0v) is 9.43. The van der Waals surface area contributed by atoms with Gasteiger partial charge in [-0.3, -0.25) is 10.1 Å². The second kappa shape index (κ2) is 5.32. The van der Waals surface area contributed by atoms with Crippen LogP contribution in [0.25, 0.3) is 0 Å². The van der Waals surface area contributed by atoms with Crippen LogP contribution < -0.4 is 11.1 Å². The summed E-state index contributed by atoms with van der Waals surface area (Å²) in [6.45, 7) is 1.57. The molecule has 0 aliphatic rings. The first-order valence-electron chi connectivity index (χ1n) is 4.92. The van der Waals surface area contributed by atoms with E-state index in [-0.39, 0.29) is 5.69 Å². The van der Waals surface area contributed by atoms with Gasteiger partial charge in [-0.2, -0.15) is 0 Å². The maximum atomic E-state index is 10.6. The van der Waals surface area contributed by atoms with E-state index in [0.29, 0.717) is 17.9 Å². The van der Waals surface area contributed by atoms with Gasteiger partial charge in [-0.1, -0.05) is 0 Å². The van der Waals surface area contributed by atoms with Gasteiger partial charge in [-0.25, -0.2) is 0 Å². The summed E-state index contributed by atoms with van der Waals surface area (Å²) in [5.41, 5.74) is 6.65. The molecule has 3 N–H and O–H groups in total. The number of non-ortho nitro benzene ring substituents is 1. The maximum Gasteiger partial charge on any atom is 0.273 e. The van der Waals surface area contributed by atoms with Crippen LogP contribution in [0.1, 0.15) is 0 Å². The molecule has 0 radical (unpaired) electrons. The van der Waals surface area contributed by atoms with Gasteiger partial charge in [-0.05, 0) is 20.2 Å². The third kappa shape index (κ3) is 3.74. The third-order valence-electron chi connectivity index (χ3n) is 2.04. The van der Waals surface area contributed by atoms with E-state index >= 15 is 0 Å². The number of anilines is 2. The van der Waals surface area contributed by atoms with Gasteiger partial charge in [0.05, 0.1) is 4.92 Å². The summed E-state index contributed by atoms with van der Waals surface area (Å²) >= 11 is 0. The van der Waals surface area contributed by atoms with Crippen molar-refractivity contribution in [1.29, 1.82) is 0 Å². The quantitative estimate of drug-likeness (QED) is 0.445. The van der Waals surface area contributed by atoms with Gasteiger partial charge < -0.3 is 16.0 Å². The molecule has 0 saturated carbocycles. The van der Waals surface area contributed by atoms with Gasteiger partial charge in [-0.15, -0.1) is 0 Å². The van der Waals surface area contributed by atoms with Crippen LogP contribution in [0.5, 0.6) is 0 Å². The van der Waals surface area contributed by atoms with Crippen LogP contribution in [0.15, 0.2) is 18.2 Å². The Bertz CT molecular complexity index is 379. The minimum absolute atomic E-state index is 0.00681. The predicted molar refractivity (Wildman–Crippen MR) is 64.6 cm³/mol. The highest BCUT2D eigenvalue weighted by atomic mass is 16.6. The summed E-state index contributed by atoms with van der Waals surface area (Å²) in [5, 5.41) is 13.7. The molecule has 0 heterocycles. The molecule has 1 rings (SSSR count). The molecule has 0 saturated heterocycles. The third-order valence-corrected chi connectivity index (χ3v) is 2.04. The second-order valence-corrected chi connectivity index (χ2v) is 3.80. The number of nitro groups is 1. The summed E-state index contributed by atoms with van der Waals surface area (Å²) in [5.74, 6) is 0. The number of likely N-dealkylation sites (N-methyl/N-ethyl adjacent to an activating group) is 1.